The van der Waals surface area contributed by atoms with Gasteiger partial charge in [-0.2, -0.15) is 0 Å². The Morgan fingerprint density at radius 3 is 2.42 bits per heavy atom. The molecule has 3 nitrogen and oxygen atoms in total. The summed E-state index contributed by atoms with van der Waals surface area (Å²) in [5.41, 5.74) is 9.46. The molecule has 0 aliphatic carbocycles. The summed E-state index contributed by atoms with van der Waals surface area (Å²) < 4.78 is 0. The molecule has 0 saturated heterocycles. The van der Waals surface area contributed by atoms with Crippen LogP contribution in [0.1, 0.15) is 43.4 Å². The van der Waals surface area contributed by atoms with Crippen molar-refractivity contribution in [1.82, 2.24) is 4.90 Å². The lowest BCUT2D eigenvalue weighted by molar-refractivity contribution is 0.136. The van der Waals surface area contributed by atoms with Crippen molar-refractivity contribution in [3.63, 3.8) is 0 Å². The number of rotatable bonds is 8. The summed E-state index contributed by atoms with van der Waals surface area (Å²) in [6.07, 6.45) is 2.24. The number of aryl methyl sites for hydroxylation is 1. The lowest BCUT2D eigenvalue weighted by atomic mass is 10.0. The number of hydrogen-bond acceptors (Lipinski definition) is 3. The molecular weight excluding hydrogens is 236 g/mol. The normalized spacial score (nSPS) is 11.5. The van der Waals surface area contributed by atoms with Crippen molar-refractivity contribution >= 4 is 0 Å². The summed E-state index contributed by atoms with van der Waals surface area (Å²) in [6, 6.07) is 6.98. The second-order valence-electron chi connectivity index (χ2n) is 5.13. The molecule has 0 aromatic heterocycles. The number of hydrogen-bond donors (Lipinski definition) is 2. The molecule has 1 aromatic rings. The molecule has 1 rings (SSSR count). The van der Waals surface area contributed by atoms with E-state index in [1.165, 1.54) is 16.7 Å². The Balaban J connectivity index is 2.83. The smallest absolute Gasteiger partial charge is 0.0558 e. The molecule has 0 amide bonds. The van der Waals surface area contributed by atoms with Gasteiger partial charge in [0.05, 0.1) is 6.61 Å². The molecule has 0 spiro atoms. The fraction of sp³-hybridized carbons (Fsp3) is 0.625. The van der Waals surface area contributed by atoms with E-state index in [2.05, 4.69) is 43.9 Å². The predicted octanol–water partition coefficient (Wildman–Crippen LogP) is 2.44. The second kappa shape index (κ2) is 8.31. The minimum atomic E-state index is 0.219. The molecule has 0 unspecified atom stereocenters. The van der Waals surface area contributed by atoms with Gasteiger partial charge in [0.15, 0.2) is 0 Å². The highest BCUT2D eigenvalue weighted by atomic mass is 16.3. The summed E-state index contributed by atoms with van der Waals surface area (Å²) in [5, 5.41) is 9.25. The number of nitrogens with two attached hydrogens (primary N) is 1. The van der Waals surface area contributed by atoms with Gasteiger partial charge >= 0.3 is 0 Å². The second-order valence-corrected chi connectivity index (χ2v) is 5.13. The third-order valence-electron chi connectivity index (χ3n) is 3.86. The quantitative estimate of drug-likeness (QED) is 0.758. The average molecular weight is 264 g/mol. The zero-order valence-electron chi connectivity index (χ0n) is 12.5. The highest BCUT2D eigenvalue weighted by Crippen LogP contribution is 2.17. The molecule has 0 radical (unpaired) electrons. The van der Waals surface area contributed by atoms with Gasteiger partial charge in [-0.05, 0) is 36.5 Å². The van der Waals surface area contributed by atoms with Crippen molar-refractivity contribution < 1.29 is 5.11 Å². The predicted molar refractivity (Wildman–Crippen MR) is 80.9 cm³/mol. The Morgan fingerprint density at radius 2 is 1.95 bits per heavy atom. The van der Waals surface area contributed by atoms with Crippen LogP contribution in [0.2, 0.25) is 0 Å². The van der Waals surface area contributed by atoms with Crippen molar-refractivity contribution in [2.75, 3.05) is 13.2 Å². The van der Waals surface area contributed by atoms with Gasteiger partial charge in [-0.1, -0.05) is 32.0 Å². The van der Waals surface area contributed by atoms with Crippen LogP contribution in [0, 0.1) is 6.92 Å². The monoisotopic (exact) mass is 264 g/mol. The molecule has 0 aliphatic heterocycles. The van der Waals surface area contributed by atoms with E-state index >= 15 is 0 Å². The topological polar surface area (TPSA) is 49.5 Å². The van der Waals surface area contributed by atoms with E-state index in [-0.39, 0.29) is 6.61 Å². The maximum Gasteiger partial charge on any atom is 0.0558 e. The summed E-state index contributed by atoms with van der Waals surface area (Å²) in [6.45, 7) is 9.02. The number of aliphatic hydroxyl groups is 1. The van der Waals surface area contributed by atoms with E-state index in [9.17, 15) is 5.11 Å². The molecule has 0 aliphatic rings. The first-order chi connectivity index (χ1) is 9.15. The van der Waals surface area contributed by atoms with Crippen LogP contribution < -0.4 is 5.73 Å². The van der Waals surface area contributed by atoms with Gasteiger partial charge in [-0.15, -0.1) is 0 Å². The van der Waals surface area contributed by atoms with Crippen LogP contribution in [0.5, 0.6) is 0 Å². The molecule has 0 bridgehead atoms. The molecule has 0 fully saturated rings. The van der Waals surface area contributed by atoms with Gasteiger partial charge in [0.1, 0.15) is 0 Å². The standard InChI is InChI=1S/C16H28N2O/c1-4-16(5-2)18(8-9-19)12-15-7-6-14(11-17)10-13(15)3/h6-7,10,16,19H,4-5,8-9,11-12,17H2,1-3H3. The van der Waals surface area contributed by atoms with Crippen LogP contribution in [0.15, 0.2) is 18.2 Å². The summed E-state index contributed by atoms with van der Waals surface area (Å²) in [4.78, 5) is 2.38. The Labute approximate surface area is 117 Å². The van der Waals surface area contributed by atoms with Crippen LogP contribution in [-0.2, 0) is 13.1 Å². The molecule has 19 heavy (non-hydrogen) atoms. The fourth-order valence-electron chi connectivity index (χ4n) is 2.61. The van der Waals surface area contributed by atoms with Crippen molar-refractivity contribution in [1.29, 1.82) is 0 Å². The molecule has 108 valence electrons. The first-order valence-corrected chi connectivity index (χ1v) is 7.29. The van der Waals surface area contributed by atoms with E-state index in [1.807, 2.05) is 0 Å². The molecule has 1 aromatic carbocycles. The Hall–Kier alpha value is -0.900. The minimum absolute atomic E-state index is 0.219. The minimum Gasteiger partial charge on any atom is -0.395 e. The van der Waals surface area contributed by atoms with Gasteiger partial charge in [0.2, 0.25) is 0 Å². The van der Waals surface area contributed by atoms with Crippen molar-refractivity contribution in [3.8, 4) is 0 Å². The van der Waals surface area contributed by atoms with Crippen LogP contribution in [0.3, 0.4) is 0 Å². The zero-order chi connectivity index (χ0) is 14.3. The van der Waals surface area contributed by atoms with Crippen molar-refractivity contribution in [2.45, 2.75) is 52.7 Å². The van der Waals surface area contributed by atoms with Crippen LogP contribution in [-0.4, -0.2) is 29.2 Å². The Kier molecular flexibility index (Phi) is 7.06. The lowest BCUT2D eigenvalue weighted by Crippen LogP contribution is -2.36. The molecule has 0 heterocycles. The molecule has 0 saturated carbocycles. The van der Waals surface area contributed by atoms with Gasteiger partial charge in [-0.25, -0.2) is 0 Å². The largest absolute Gasteiger partial charge is 0.395 e. The molecular formula is C16H28N2O. The van der Waals surface area contributed by atoms with Gasteiger partial charge in [0.25, 0.3) is 0 Å². The van der Waals surface area contributed by atoms with E-state index in [4.69, 9.17) is 5.73 Å². The summed E-state index contributed by atoms with van der Waals surface area (Å²) in [7, 11) is 0. The fourth-order valence-corrected chi connectivity index (χ4v) is 2.61. The Morgan fingerprint density at radius 1 is 1.26 bits per heavy atom. The van der Waals surface area contributed by atoms with Crippen molar-refractivity contribution in [2.24, 2.45) is 5.73 Å². The first kappa shape index (κ1) is 16.2. The third-order valence-corrected chi connectivity index (χ3v) is 3.86. The first-order valence-electron chi connectivity index (χ1n) is 7.29. The van der Waals surface area contributed by atoms with E-state index < -0.39 is 0 Å². The molecule has 3 N–H and O–H groups in total. The van der Waals surface area contributed by atoms with Crippen LogP contribution in [0.25, 0.3) is 0 Å². The average Bonchev–Trinajstić information content (AvgIpc) is 2.42. The van der Waals surface area contributed by atoms with E-state index in [1.54, 1.807) is 0 Å². The highest BCUT2D eigenvalue weighted by Gasteiger charge is 2.15. The van der Waals surface area contributed by atoms with Crippen LogP contribution in [0.4, 0.5) is 0 Å². The highest BCUT2D eigenvalue weighted by molar-refractivity contribution is 5.31. The SMILES string of the molecule is CCC(CC)N(CCO)Cc1ccc(CN)cc1C. The van der Waals surface area contributed by atoms with Gasteiger partial charge in [0, 0.05) is 25.7 Å². The van der Waals surface area contributed by atoms with Crippen molar-refractivity contribution in [3.05, 3.63) is 34.9 Å². The third kappa shape index (κ3) is 4.60. The number of benzene rings is 1. The molecule has 0 atom stereocenters. The van der Waals surface area contributed by atoms with Crippen LogP contribution >= 0.6 is 0 Å². The summed E-state index contributed by atoms with van der Waals surface area (Å²) in [5.74, 6) is 0. The van der Waals surface area contributed by atoms with Gasteiger partial charge < -0.3 is 10.8 Å². The number of aliphatic hydroxyl groups excluding tert-OH is 1. The lowest BCUT2D eigenvalue weighted by Gasteiger charge is -2.30. The number of nitrogens with zero attached hydrogens (tertiary/aromatic N) is 1. The maximum absolute atomic E-state index is 9.25. The van der Waals surface area contributed by atoms with E-state index in [0.29, 0.717) is 12.6 Å². The summed E-state index contributed by atoms with van der Waals surface area (Å²) >= 11 is 0. The zero-order valence-corrected chi connectivity index (χ0v) is 12.5. The molecule has 3 heteroatoms. The maximum atomic E-state index is 9.25. The van der Waals surface area contributed by atoms with E-state index in [0.717, 1.165) is 25.9 Å². The Bertz CT molecular complexity index is 375. The van der Waals surface area contributed by atoms with Gasteiger partial charge in [-0.3, -0.25) is 4.90 Å².